The van der Waals surface area contributed by atoms with Gasteiger partial charge in [-0.3, -0.25) is 4.79 Å². The average molecular weight is 207 g/mol. The first kappa shape index (κ1) is 9.59. The van der Waals surface area contributed by atoms with E-state index < -0.39 is 0 Å². The van der Waals surface area contributed by atoms with Crippen molar-refractivity contribution in [2.45, 2.75) is 11.3 Å². The second-order valence-corrected chi connectivity index (χ2v) is 4.19. The van der Waals surface area contributed by atoms with Crippen LogP contribution in [0, 0.1) is 0 Å². The topological polar surface area (TPSA) is 20.3 Å². The number of hydrogen-bond acceptors (Lipinski definition) is 2. The molecule has 1 heterocycles. The van der Waals surface area contributed by atoms with E-state index in [2.05, 4.69) is 0 Å². The quantitative estimate of drug-likeness (QED) is 0.693. The summed E-state index contributed by atoms with van der Waals surface area (Å²) in [6.07, 6.45) is 3.15. The first-order chi connectivity index (χ1) is 6.83. The minimum Gasteiger partial charge on any atom is -0.338 e. The zero-order valence-corrected chi connectivity index (χ0v) is 9.01. The molecule has 0 bridgehead atoms. The maximum absolute atomic E-state index is 11.9. The van der Waals surface area contributed by atoms with E-state index in [1.807, 2.05) is 35.4 Å². The Morgan fingerprint density at radius 3 is 2.64 bits per heavy atom. The lowest BCUT2D eigenvalue weighted by molar-refractivity contribution is 0.0648. The molecule has 0 radical (unpaired) electrons. The van der Waals surface area contributed by atoms with Crippen molar-refractivity contribution in [2.24, 2.45) is 0 Å². The molecule has 74 valence electrons. The second-order valence-electron chi connectivity index (χ2n) is 3.35. The number of rotatable bonds is 2. The highest BCUT2D eigenvalue weighted by atomic mass is 32.2. The molecule has 1 aliphatic heterocycles. The van der Waals surface area contributed by atoms with Gasteiger partial charge in [-0.25, -0.2) is 0 Å². The molecule has 2 nitrogen and oxygen atoms in total. The number of amides is 1. The van der Waals surface area contributed by atoms with Crippen LogP contribution in [0.15, 0.2) is 29.2 Å². The molecule has 3 heteroatoms. The highest BCUT2D eigenvalue weighted by Crippen LogP contribution is 2.22. The van der Waals surface area contributed by atoms with Crippen LogP contribution in [0.2, 0.25) is 0 Å². The Hall–Kier alpha value is -0.960. The van der Waals surface area contributed by atoms with Crippen molar-refractivity contribution in [3.63, 3.8) is 0 Å². The zero-order valence-electron chi connectivity index (χ0n) is 8.19. The van der Waals surface area contributed by atoms with Crippen LogP contribution in [0.25, 0.3) is 0 Å². The van der Waals surface area contributed by atoms with Gasteiger partial charge in [0.15, 0.2) is 0 Å². The van der Waals surface area contributed by atoms with Gasteiger partial charge >= 0.3 is 0 Å². The lowest BCUT2D eigenvalue weighted by Crippen LogP contribution is -2.42. The maximum Gasteiger partial charge on any atom is 0.254 e. The van der Waals surface area contributed by atoms with Crippen LogP contribution in [0.1, 0.15) is 16.8 Å². The van der Waals surface area contributed by atoms with Gasteiger partial charge < -0.3 is 4.90 Å². The van der Waals surface area contributed by atoms with Crippen molar-refractivity contribution in [1.82, 2.24) is 4.90 Å². The Morgan fingerprint density at radius 2 is 2.07 bits per heavy atom. The van der Waals surface area contributed by atoms with Gasteiger partial charge in [0.25, 0.3) is 5.91 Å². The first-order valence-electron chi connectivity index (χ1n) is 4.75. The Labute approximate surface area is 88.3 Å². The van der Waals surface area contributed by atoms with Gasteiger partial charge in [-0.15, -0.1) is 11.8 Å². The fraction of sp³-hybridized carbons (Fsp3) is 0.364. The SMILES string of the molecule is CSc1ccccc1C(=O)N1CCC1. The van der Waals surface area contributed by atoms with Crippen LogP contribution in [0.4, 0.5) is 0 Å². The molecule has 0 aliphatic carbocycles. The number of benzene rings is 1. The molecule has 0 saturated carbocycles. The van der Waals surface area contributed by atoms with E-state index in [0.717, 1.165) is 30.0 Å². The summed E-state index contributed by atoms with van der Waals surface area (Å²) in [5.74, 6) is 0.182. The average Bonchev–Trinajstić information content (AvgIpc) is 2.15. The predicted molar refractivity (Wildman–Crippen MR) is 58.7 cm³/mol. The number of hydrogen-bond donors (Lipinski definition) is 0. The molecule has 1 aromatic rings. The van der Waals surface area contributed by atoms with Gasteiger partial charge in [0.2, 0.25) is 0 Å². The molecule has 0 atom stereocenters. The molecule has 0 aromatic heterocycles. The van der Waals surface area contributed by atoms with E-state index in [0.29, 0.717) is 0 Å². The van der Waals surface area contributed by atoms with E-state index in [9.17, 15) is 4.79 Å². The smallest absolute Gasteiger partial charge is 0.254 e. The van der Waals surface area contributed by atoms with Gasteiger partial charge in [0.1, 0.15) is 0 Å². The van der Waals surface area contributed by atoms with Crippen molar-refractivity contribution in [3.05, 3.63) is 29.8 Å². The molecule has 0 N–H and O–H groups in total. The normalized spacial score (nSPS) is 15.1. The van der Waals surface area contributed by atoms with E-state index >= 15 is 0 Å². The van der Waals surface area contributed by atoms with Gasteiger partial charge in [0.05, 0.1) is 5.56 Å². The van der Waals surface area contributed by atoms with Crippen LogP contribution < -0.4 is 0 Å². The predicted octanol–water partition coefficient (Wildman–Crippen LogP) is 2.25. The summed E-state index contributed by atoms with van der Waals surface area (Å²) in [5.41, 5.74) is 0.847. The van der Waals surface area contributed by atoms with Crippen molar-refractivity contribution in [1.29, 1.82) is 0 Å². The minimum absolute atomic E-state index is 0.182. The third kappa shape index (κ3) is 1.64. The summed E-state index contributed by atoms with van der Waals surface area (Å²) >= 11 is 1.63. The number of nitrogens with zero attached hydrogens (tertiary/aromatic N) is 1. The largest absolute Gasteiger partial charge is 0.338 e. The molecule has 14 heavy (non-hydrogen) atoms. The monoisotopic (exact) mass is 207 g/mol. The summed E-state index contributed by atoms with van der Waals surface area (Å²) in [5, 5.41) is 0. The molecule has 0 unspecified atom stereocenters. The Kier molecular flexibility index (Phi) is 2.77. The summed E-state index contributed by atoms with van der Waals surface area (Å²) in [7, 11) is 0. The van der Waals surface area contributed by atoms with Gasteiger partial charge in [0, 0.05) is 18.0 Å². The van der Waals surface area contributed by atoms with Crippen LogP contribution in [0.3, 0.4) is 0 Å². The zero-order chi connectivity index (χ0) is 9.97. The number of carbonyl (C=O) groups excluding carboxylic acids is 1. The first-order valence-corrected chi connectivity index (χ1v) is 5.97. The summed E-state index contributed by atoms with van der Waals surface area (Å²) in [4.78, 5) is 14.9. The van der Waals surface area contributed by atoms with Crippen molar-refractivity contribution in [2.75, 3.05) is 19.3 Å². The Bertz CT molecular complexity index is 347. The van der Waals surface area contributed by atoms with Crippen LogP contribution in [-0.4, -0.2) is 30.2 Å². The summed E-state index contributed by atoms with van der Waals surface area (Å²) < 4.78 is 0. The van der Waals surface area contributed by atoms with Crippen LogP contribution >= 0.6 is 11.8 Å². The lowest BCUT2D eigenvalue weighted by atomic mass is 10.1. The molecule has 2 rings (SSSR count). The fourth-order valence-corrected chi connectivity index (χ4v) is 2.10. The maximum atomic E-state index is 11.9. The molecular weight excluding hydrogens is 194 g/mol. The molecule has 1 fully saturated rings. The molecule has 0 spiro atoms. The standard InChI is InChI=1S/C11H13NOS/c1-14-10-6-3-2-5-9(10)11(13)12-7-4-8-12/h2-3,5-6H,4,7-8H2,1H3. The molecule has 1 aliphatic rings. The Morgan fingerprint density at radius 1 is 1.36 bits per heavy atom. The van der Waals surface area contributed by atoms with Crippen molar-refractivity contribution in [3.8, 4) is 0 Å². The van der Waals surface area contributed by atoms with E-state index in [1.54, 1.807) is 11.8 Å². The highest BCUT2D eigenvalue weighted by Gasteiger charge is 2.22. The second kappa shape index (κ2) is 4.05. The Balaban J connectivity index is 2.25. The molecule has 1 amide bonds. The highest BCUT2D eigenvalue weighted by molar-refractivity contribution is 7.98. The molecule has 1 aromatic carbocycles. The molecular formula is C11H13NOS. The number of thioether (sulfide) groups is 1. The summed E-state index contributed by atoms with van der Waals surface area (Å²) in [6.45, 7) is 1.84. The fourth-order valence-electron chi connectivity index (χ4n) is 1.51. The van der Waals surface area contributed by atoms with E-state index in [-0.39, 0.29) is 5.91 Å². The van der Waals surface area contributed by atoms with Crippen molar-refractivity contribution >= 4 is 17.7 Å². The van der Waals surface area contributed by atoms with Crippen LogP contribution in [0.5, 0.6) is 0 Å². The number of likely N-dealkylation sites (tertiary alicyclic amines) is 1. The number of carbonyl (C=O) groups is 1. The van der Waals surface area contributed by atoms with Crippen molar-refractivity contribution < 1.29 is 4.79 Å². The van der Waals surface area contributed by atoms with Gasteiger partial charge in [-0.1, -0.05) is 12.1 Å². The van der Waals surface area contributed by atoms with E-state index in [4.69, 9.17) is 0 Å². The van der Waals surface area contributed by atoms with E-state index in [1.165, 1.54) is 0 Å². The van der Waals surface area contributed by atoms with Crippen LogP contribution in [-0.2, 0) is 0 Å². The lowest BCUT2D eigenvalue weighted by Gasteiger charge is -2.31. The third-order valence-electron chi connectivity index (χ3n) is 2.48. The van der Waals surface area contributed by atoms with Gasteiger partial charge in [-0.05, 0) is 24.8 Å². The summed E-state index contributed by atoms with van der Waals surface area (Å²) in [6, 6.07) is 7.80. The third-order valence-corrected chi connectivity index (χ3v) is 3.28. The molecule has 1 saturated heterocycles. The van der Waals surface area contributed by atoms with Gasteiger partial charge in [-0.2, -0.15) is 0 Å². The minimum atomic E-state index is 0.182.